The summed E-state index contributed by atoms with van der Waals surface area (Å²) in [4.78, 5) is 15.9. The Bertz CT molecular complexity index is 874. The first-order valence-electron chi connectivity index (χ1n) is 8.07. The van der Waals surface area contributed by atoms with Crippen LogP contribution in [0.2, 0.25) is 0 Å². The van der Waals surface area contributed by atoms with Gasteiger partial charge in [0.2, 0.25) is 11.8 Å². The number of anilines is 1. The smallest absolute Gasteiger partial charge is 0.422 e. The molecule has 0 saturated carbocycles. The van der Waals surface area contributed by atoms with Crippen molar-refractivity contribution < 1.29 is 22.7 Å². The summed E-state index contributed by atoms with van der Waals surface area (Å²) in [5.74, 6) is -0.416. The zero-order valence-corrected chi connectivity index (χ0v) is 14.1. The minimum Gasteiger partial charge on any atom is -0.468 e. The first kappa shape index (κ1) is 18.5. The average molecular weight is 375 g/mol. The van der Waals surface area contributed by atoms with Crippen molar-refractivity contribution >= 4 is 11.6 Å². The molecule has 3 aromatic rings. The maximum absolute atomic E-state index is 12.1. The highest BCUT2D eigenvalue weighted by Crippen LogP contribution is 2.18. The lowest BCUT2D eigenvalue weighted by molar-refractivity contribution is -0.154. The molecule has 0 bridgehead atoms. The quantitative estimate of drug-likeness (QED) is 0.709. The zero-order chi connectivity index (χ0) is 19.3. The fourth-order valence-electron chi connectivity index (χ4n) is 2.38. The van der Waals surface area contributed by atoms with Gasteiger partial charge in [0.25, 0.3) is 0 Å². The molecule has 0 saturated heterocycles. The van der Waals surface area contributed by atoms with E-state index >= 15 is 0 Å². The average Bonchev–Trinajstić information content (AvgIpc) is 3.16. The van der Waals surface area contributed by atoms with Gasteiger partial charge in [-0.2, -0.15) is 13.2 Å². The van der Waals surface area contributed by atoms with Crippen LogP contribution in [0.15, 0.2) is 67.1 Å². The maximum atomic E-state index is 12.1. The number of nitrogens with one attached hydrogen (secondary N) is 1. The fraction of sp³-hybridized carbons (Fsp3) is 0.158. The predicted molar refractivity (Wildman–Crippen MR) is 93.9 cm³/mol. The van der Waals surface area contributed by atoms with Crippen LogP contribution in [0.1, 0.15) is 5.56 Å². The summed E-state index contributed by atoms with van der Waals surface area (Å²) < 4.78 is 42.8. The SMILES string of the molecule is O=C(Cc1ccc(-n2cccc2)cc1)Nc1ccc(OCC(F)(F)F)nc1. The van der Waals surface area contributed by atoms with Crippen molar-refractivity contribution in [2.75, 3.05) is 11.9 Å². The van der Waals surface area contributed by atoms with Gasteiger partial charge in [-0.05, 0) is 35.9 Å². The maximum Gasteiger partial charge on any atom is 0.422 e. The fourth-order valence-corrected chi connectivity index (χ4v) is 2.38. The van der Waals surface area contributed by atoms with Crippen LogP contribution in [0.25, 0.3) is 5.69 Å². The van der Waals surface area contributed by atoms with Crippen molar-refractivity contribution in [1.82, 2.24) is 9.55 Å². The Morgan fingerprint density at radius 3 is 2.37 bits per heavy atom. The van der Waals surface area contributed by atoms with E-state index in [0.29, 0.717) is 5.69 Å². The summed E-state index contributed by atoms with van der Waals surface area (Å²) in [6.45, 7) is -1.41. The number of ether oxygens (including phenoxy) is 1. The largest absolute Gasteiger partial charge is 0.468 e. The molecule has 1 amide bonds. The highest BCUT2D eigenvalue weighted by Gasteiger charge is 2.28. The molecule has 1 N–H and O–H groups in total. The van der Waals surface area contributed by atoms with E-state index in [4.69, 9.17) is 0 Å². The Balaban J connectivity index is 1.53. The molecule has 140 valence electrons. The van der Waals surface area contributed by atoms with Crippen LogP contribution in [0.3, 0.4) is 0 Å². The standard InChI is InChI=1S/C19H16F3N3O2/c20-19(21,22)13-27-18-8-5-15(12-23-18)24-17(26)11-14-3-6-16(7-4-14)25-9-1-2-10-25/h1-10,12H,11,13H2,(H,24,26). The van der Waals surface area contributed by atoms with Crippen LogP contribution in [0, 0.1) is 0 Å². The summed E-state index contributed by atoms with van der Waals surface area (Å²) in [5, 5.41) is 2.65. The van der Waals surface area contributed by atoms with E-state index in [9.17, 15) is 18.0 Å². The molecule has 2 heterocycles. The number of benzene rings is 1. The number of nitrogens with zero attached hydrogens (tertiary/aromatic N) is 2. The number of amides is 1. The van der Waals surface area contributed by atoms with Gasteiger partial charge in [-0.1, -0.05) is 12.1 Å². The third-order valence-electron chi connectivity index (χ3n) is 3.61. The molecule has 2 aromatic heterocycles. The Labute approximate surface area is 153 Å². The van der Waals surface area contributed by atoms with Crippen molar-refractivity contribution in [3.63, 3.8) is 0 Å². The van der Waals surface area contributed by atoms with E-state index < -0.39 is 12.8 Å². The monoisotopic (exact) mass is 375 g/mol. The predicted octanol–water partition coefficient (Wildman–Crippen LogP) is 3.99. The third kappa shape index (κ3) is 5.60. The van der Waals surface area contributed by atoms with Gasteiger partial charge in [-0.15, -0.1) is 0 Å². The highest BCUT2D eigenvalue weighted by atomic mass is 19.4. The van der Waals surface area contributed by atoms with Crippen molar-refractivity contribution in [1.29, 1.82) is 0 Å². The van der Waals surface area contributed by atoms with Crippen LogP contribution in [0.5, 0.6) is 5.88 Å². The summed E-state index contributed by atoms with van der Waals surface area (Å²) >= 11 is 0. The van der Waals surface area contributed by atoms with Crippen LogP contribution in [0.4, 0.5) is 18.9 Å². The van der Waals surface area contributed by atoms with E-state index in [0.717, 1.165) is 11.3 Å². The Morgan fingerprint density at radius 2 is 1.78 bits per heavy atom. The van der Waals surface area contributed by atoms with Crippen molar-refractivity contribution in [3.8, 4) is 11.6 Å². The molecule has 5 nitrogen and oxygen atoms in total. The molecule has 0 unspecified atom stereocenters. The number of hydrogen-bond acceptors (Lipinski definition) is 3. The molecule has 1 aromatic carbocycles. The number of aromatic nitrogens is 2. The van der Waals surface area contributed by atoms with E-state index in [2.05, 4.69) is 15.0 Å². The molecule has 0 spiro atoms. The molecule has 0 aliphatic heterocycles. The molecular weight excluding hydrogens is 359 g/mol. The molecule has 27 heavy (non-hydrogen) atoms. The molecular formula is C19H16F3N3O2. The van der Waals surface area contributed by atoms with E-state index in [1.807, 2.05) is 53.4 Å². The second-order valence-corrected chi connectivity index (χ2v) is 5.77. The van der Waals surface area contributed by atoms with E-state index in [1.54, 1.807) is 0 Å². The number of rotatable bonds is 6. The number of carbonyl (C=O) groups is 1. The van der Waals surface area contributed by atoms with Gasteiger partial charge < -0.3 is 14.6 Å². The summed E-state index contributed by atoms with van der Waals surface area (Å²) in [6.07, 6.45) is 0.843. The molecule has 3 rings (SSSR count). The molecule has 0 aliphatic carbocycles. The van der Waals surface area contributed by atoms with E-state index in [-0.39, 0.29) is 18.2 Å². The van der Waals surface area contributed by atoms with Crippen LogP contribution < -0.4 is 10.1 Å². The van der Waals surface area contributed by atoms with Crippen LogP contribution in [-0.2, 0) is 11.2 Å². The van der Waals surface area contributed by atoms with Crippen molar-refractivity contribution in [2.45, 2.75) is 12.6 Å². The summed E-state index contributed by atoms with van der Waals surface area (Å²) in [7, 11) is 0. The van der Waals surface area contributed by atoms with Gasteiger partial charge in [0.15, 0.2) is 6.61 Å². The molecule has 8 heteroatoms. The Hall–Kier alpha value is -3.29. The summed E-state index contributed by atoms with van der Waals surface area (Å²) in [5.41, 5.74) is 2.20. The normalized spacial score (nSPS) is 11.2. The number of hydrogen-bond donors (Lipinski definition) is 1. The number of halogens is 3. The van der Waals surface area contributed by atoms with Crippen molar-refractivity contribution in [2.24, 2.45) is 0 Å². The molecule has 0 aliphatic rings. The number of alkyl halides is 3. The van der Waals surface area contributed by atoms with Crippen LogP contribution >= 0.6 is 0 Å². The van der Waals surface area contributed by atoms with Gasteiger partial charge in [-0.25, -0.2) is 4.98 Å². The van der Waals surface area contributed by atoms with Crippen molar-refractivity contribution in [3.05, 3.63) is 72.7 Å². The molecule has 0 atom stereocenters. The first-order chi connectivity index (χ1) is 12.9. The lowest BCUT2D eigenvalue weighted by Gasteiger charge is -2.09. The second-order valence-electron chi connectivity index (χ2n) is 5.77. The minimum absolute atomic E-state index is 0.161. The topological polar surface area (TPSA) is 56.2 Å². The van der Waals surface area contributed by atoms with Gasteiger partial charge in [0, 0.05) is 24.1 Å². The Kier molecular flexibility index (Phi) is 5.44. The third-order valence-corrected chi connectivity index (χ3v) is 3.61. The first-order valence-corrected chi connectivity index (χ1v) is 8.07. The van der Waals surface area contributed by atoms with Gasteiger partial charge >= 0.3 is 6.18 Å². The Morgan fingerprint density at radius 1 is 1.07 bits per heavy atom. The molecule has 0 radical (unpaired) electrons. The highest BCUT2D eigenvalue weighted by molar-refractivity contribution is 5.92. The number of pyridine rings is 1. The lowest BCUT2D eigenvalue weighted by Crippen LogP contribution is -2.19. The van der Waals surface area contributed by atoms with Gasteiger partial charge in [0.05, 0.1) is 18.3 Å². The lowest BCUT2D eigenvalue weighted by atomic mass is 10.1. The molecule has 0 fully saturated rings. The second kappa shape index (κ2) is 7.94. The number of carbonyl (C=O) groups excluding carboxylic acids is 1. The zero-order valence-electron chi connectivity index (χ0n) is 14.1. The van der Waals surface area contributed by atoms with Crippen LogP contribution in [-0.4, -0.2) is 28.2 Å². The summed E-state index contributed by atoms with van der Waals surface area (Å²) in [6, 6.07) is 14.1. The van der Waals surface area contributed by atoms with E-state index in [1.165, 1.54) is 18.3 Å². The minimum atomic E-state index is -4.43. The van der Waals surface area contributed by atoms with Gasteiger partial charge in [-0.3, -0.25) is 4.79 Å². The van der Waals surface area contributed by atoms with Gasteiger partial charge in [0.1, 0.15) is 0 Å².